The predicted octanol–water partition coefficient (Wildman–Crippen LogP) is 0.261. The van der Waals surface area contributed by atoms with Gasteiger partial charge in [-0.1, -0.05) is 13.8 Å². The normalized spacial score (nSPS) is 10.4. The Morgan fingerprint density at radius 3 is 2.07 bits per heavy atom. The highest BCUT2D eigenvalue weighted by molar-refractivity contribution is 6.31. The molecular formula is C10H20N2O3. The van der Waals surface area contributed by atoms with Gasteiger partial charge >= 0.3 is 11.9 Å². The van der Waals surface area contributed by atoms with Crippen molar-refractivity contribution in [3.8, 4) is 0 Å². The number of carboxylic acid groups (broad SMARTS) is 1. The van der Waals surface area contributed by atoms with Gasteiger partial charge in [-0.25, -0.2) is 4.79 Å². The highest BCUT2D eigenvalue weighted by atomic mass is 16.4. The van der Waals surface area contributed by atoms with Crippen LogP contribution in [0.2, 0.25) is 0 Å². The van der Waals surface area contributed by atoms with Crippen molar-refractivity contribution >= 4 is 11.9 Å². The standard InChI is InChI=1S/C10H20N2O3/c1-4-12(5-2)8-6-7-11(3)9(13)10(14)15/h4-8H2,1-3H3,(H,14,15). The summed E-state index contributed by atoms with van der Waals surface area (Å²) < 4.78 is 0. The van der Waals surface area contributed by atoms with Crippen LogP contribution in [-0.2, 0) is 9.59 Å². The smallest absolute Gasteiger partial charge is 0.394 e. The van der Waals surface area contributed by atoms with Crippen molar-refractivity contribution in [2.24, 2.45) is 0 Å². The third kappa shape index (κ3) is 5.37. The van der Waals surface area contributed by atoms with Crippen molar-refractivity contribution in [1.29, 1.82) is 0 Å². The van der Waals surface area contributed by atoms with Gasteiger partial charge in [0.15, 0.2) is 0 Å². The molecule has 0 aliphatic heterocycles. The van der Waals surface area contributed by atoms with Gasteiger partial charge in [0, 0.05) is 13.6 Å². The highest BCUT2D eigenvalue weighted by Crippen LogP contribution is 1.94. The van der Waals surface area contributed by atoms with E-state index in [2.05, 4.69) is 18.7 Å². The van der Waals surface area contributed by atoms with E-state index in [1.165, 1.54) is 11.9 Å². The van der Waals surface area contributed by atoms with Crippen molar-refractivity contribution in [2.45, 2.75) is 20.3 Å². The van der Waals surface area contributed by atoms with E-state index in [4.69, 9.17) is 5.11 Å². The van der Waals surface area contributed by atoms with Crippen LogP contribution in [0.25, 0.3) is 0 Å². The molecule has 5 nitrogen and oxygen atoms in total. The number of aliphatic carboxylic acids is 1. The molecule has 0 rings (SSSR count). The Balaban J connectivity index is 3.76. The minimum absolute atomic E-state index is 0.488. The zero-order valence-electron chi connectivity index (χ0n) is 9.69. The van der Waals surface area contributed by atoms with Gasteiger partial charge in [-0.3, -0.25) is 4.79 Å². The Kier molecular flexibility index (Phi) is 6.70. The Morgan fingerprint density at radius 1 is 1.13 bits per heavy atom. The van der Waals surface area contributed by atoms with Crippen molar-refractivity contribution in [1.82, 2.24) is 9.80 Å². The first kappa shape index (κ1) is 13.9. The van der Waals surface area contributed by atoms with Crippen LogP contribution < -0.4 is 0 Å². The minimum atomic E-state index is -1.39. The number of likely N-dealkylation sites (N-methyl/N-ethyl adjacent to an activating group) is 1. The van der Waals surface area contributed by atoms with Crippen LogP contribution >= 0.6 is 0 Å². The van der Waals surface area contributed by atoms with Gasteiger partial charge in [-0.2, -0.15) is 0 Å². The molecule has 88 valence electrons. The first-order valence-electron chi connectivity index (χ1n) is 5.23. The van der Waals surface area contributed by atoms with Crippen LogP contribution in [0.3, 0.4) is 0 Å². The van der Waals surface area contributed by atoms with E-state index in [0.717, 1.165) is 26.1 Å². The van der Waals surface area contributed by atoms with Crippen LogP contribution in [-0.4, -0.2) is 60.0 Å². The molecule has 0 unspecified atom stereocenters. The Labute approximate surface area is 90.7 Å². The Morgan fingerprint density at radius 2 is 1.67 bits per heavy atom. The summed E-state index contributed by atoms with van der Waals surface area (Å²) in [6, 6.07) is 0. The molecule has 0 aromatic carbocycles. The minimum Gasteiger partial charge on any atom is -0.474 e. The van der Waals surface area contributed by atoms with Crippen LogP contribution in [0.4, 0.5) is 0 Å². The second kappa shape index (κ2) is 7.23. The van der Waals surface area contributed by atoms with E-state index in [1.807, 2.05) is 0 Å². The van der Waals surface area contributed by atoms with E-state index in [1.54, 1.807) is 0 Å². The van der Waals surface area contributed by atoms with Gasteiger partial charge in [0.1, 0.15) is 0 Å². The maximum Gasteiger partial charge on any atom is 0.394 e. The Hall–Kier alpha value is -1.10. The lowest BCUT2D eigenvalue weighted by Crippen LogP contribution is -2.35. The van der Waals surface area contributed by atoms with Crippen molar-refractivity contribution in [3.05, 3.63) is 0 Å². The molecule has 0 aliphatic rings. The van der Waals surface area contributed by atoms with E-state index in [9.17, 15) is 9.59 Å². The van der Waals surface area contributed by atoms with Crippen LogP contribution in [0, 0.1) is 0 Å². The third-order valence-corrected chi connectivity index (χ3v) is 2.39. The lowest BCUT2D eigenvalue weighted by atomic mass is 10.3. The second-order valence-electron chi connectivity index (χ2n) is 3.41. The fourth-order valence-corrected chi connectivity index (χ4v) is 1.34. The molecular weight excluding hydrogens is 196 g/mol. The second-order valence-corrected chi connectivity index (χ2v) is 3.41. The first-order chi connectivity index (χ1) is 7.02. The van der Waals surface area contributed by atoms with Gasteiger partial charge in [-0.15, -0.1) is 0 Å². The molecule has 0 aromatic rings. The van der Waals surface area contributed by atoms with Gasteiger partial charge in [0.05, 0.1) is 0 Å². The largest absolute Gasteiger partial charge is 0.474 e. The molecule has 0 saturated carbocycles. The molecule has 0 bridgehead atoms. The van der Waals surface area contributed by atoms with Crippen molar-refractivity contribution < 1.29 is 14.7 Å². The summed E-state index contributed by atoms with van der Waals surface area (Å²) in [7, 11) is 1.51. The van der Waals surface area contributed by atoms with Crippen LogP contribution in [0.5, 0.6) is 0 Å². The van der Waals surface area contributed by atoms with Gasteiger partial charge < -0.3 is 14.9 Å². The summed E-state index contributed by atoms with van der Waals surface area (Å²) in [6.07, 6.45) is 0.803. The summed E-state index contributed by atoms with van der Waals surface area (Å²) in [4.78, 5) is 24.8. The molecule has 0 fully saturated rings. The number of hydrogen-bond acceptors (Lipinski definition) is 3. The monoisotopic (exact) mass is 216 g/mol. The van der Waals surface area contributed by atoms with Crippen LogP contribution in [0.15, 0.2) is 0 Å². The Bertz CT molecular complexity index is 215. The first-order valence-corrected chi connectivity index (χ1v) is 5.23. The summed E-state index contributed by atoms with van der Waals surface area (Å²) in [5.41, 5.74) is 0. The van der Waals surface area contributed by atoms with E-state index in [0.29, 0.717) is 6.54 Å². The molecule has 0 saturated heterocycles. The maximum atomic E-state index is 11.0. The summed E-state index contributed by atoms with van der Waals surface area (Å²) >= 11 is 0. The summed E-state index contributed by atoms with van der Waals surface area (Å²) in [5, 5.41) is 8.45. The topological polar surface area (TPSA) is 60.9 Å². The number of rotatable bonds is 6. The van der Waals surface area contributed by atoms with Crippen LogP contribution in [0.1, 0.15) is 20.3 Å². The number of carbonyl (C=O) groups is 2. The van der Waals surface area contributed by atoms with Crippen molar-refractivity contribution in [3.63, 3.8) is 0 Å². The molecule has 1 amide bonds. The molecule has 0 atom stereocenters. The molecule has 5 heteroatoms. The molecule has 0 radical (unpaired) electrons. The highest BCUT2D eigenvalue weighted by Gasteiger charge is 2.16. The molecule has 0 aliphatic carbocycles. The fourth-order valence-electron chi connectivity index (χ4n) is 1.34. The zero-order chi connectivity index (χ0) is 11.8. The number of carboxylic acids is 1. The lowest BCUT2D eigenvalue weighted by molar-refractivity contribution is -0.155. The number of amides is 1. The van der Waals surface area contributed by atoms with E-state index >= 15 is 0 Å². The van der Waals surface area contributed by atoms with E-state index in [-0.39, 0.29) is 0 Å². The average molecular weight is 216 g/mol. The fraction of sp³-hybridized carbons (Fsp3) is 0.800. The number of carbonyl (C=O) groups excluding carboxylic acids is 1. The lowest BCUT2D eigenvalue weighted by Gasteiger charge is -2.20. The average Bonchev–Trinajstić information content (AvgIpc) is 2.22. The molecule has 1 N–H and O–H groups in total. The quantitative estimate of drug-likeness (QED) is 0.647. The maximum absolute atomic E-state index is 11.0. The molecule has 0 spiro atoms. The number of nitrogens with zero attached hydrogens (tertiary/aromatic N) is 2. The predicted molar refractivity (Wildman–Crippen MR) is 57.7 cm³/mol. The molecule has 0 aromatic heterocycles. The van der Waals surface area contributed by atoms with Gasteiger partial charge in [0.2, 0.25) is 0 Å². The molecule has 15 heavy (non-hydrogen) atoms. The zero-order valence-corrected chi connectivity index (χ0v) is 9.69. The summed E-state index contributed by atoms with van der Waals surface area (Å²) in [6.45, 7) is 7.50. The van der Waals surface area contributed by atoms with Gasteiger partial charge in [-0.05, 0) is 26.1 Å². The summed E-state index contributed by atoms with van der Waals surface area (Å²) in [5.74, 6) is -2.23. The number of hydrogen-bond donors (Lipinski definition) is 1. The van der Waals surface area contributed by atoms with Gasteiger partial charge in [0.25, 0.3) is 0 Å². The molecule has 0 heterocycles. The third-order valence-electron chi connectivity index (χ3n) is 2.39. The van der Waals surface area contributed by atoms with E-state index < -0.39 is 11.9 Å². The SMILES string of the molecule is CCN(CC)CCCN(C)C(=O)C(=O)O. The van der Waals surface area contributed by atoms with Crippen molar-refractivity contribution in [2.75, 3.05) is 33.2 Å².